The van der Waals surface area contributed by atoms with Crippen LogP contribution in [0.2, 0.25) is 0 Å². The molecule has 188 valence electrons. The van der Waals surface area contributed by atoms with Gasteiger partial charge in [0.25, 0.3) is 11.8 Å². The minimum Gasteiger partial charge on any atom is -0.383 e. The van der Waals surface area contributed by atoms with Gasteiger partial charge in [0.15, 0.2) is 5.01 Å². The molecule has 0 bridgehead atoms. The van der Waals surface area contributed by atoms with Gasteiger partial charge in [0.05, 0.1) is 24.0 Å². The maximum atomic E-state index is 13.1. The maximum absolute atomic E-state index is 13.1. The van der Waals surface area contributed by atoms with E-state index in [9.17, 15) is 9.59 Å². The Balaban J connectivity index is 1.20. The number of allylic oxidation sites excluding steroid dienone is 2. The van der Waals surface area contributed by atoms with Crippen molar-refractivity contribution >= 4 is 23.2 Å². The number of amides is 2. The molecule has 0 aromatic carbocycles. The van der Waals surface area contributed by atoms with Crippen molar-refractivity contribution in [3.8, 4) is 0 Å². The molecule has 4 atom stereocenters. The van der Waals surface area contributed by atoms with Gasteiger partial charge in [0, 0.05) is 56.0 Å². The predicted octanol–water partition coefficient (Wildman–Crippen LogP) is 2.29. The minimum atomic E-state index is -0.131. The first-order valence-corrected chi connectivity index (χ1v) is 13.5. The summed E-state index contributed by atoms with van der Waals surface area (Å²) in [4.78, 5) is 34.4. The molecule has 1 aromatic rings. The topological polar surface area (TPSA) is 95.6 Å². The molecule has 4 aliphatic rings. The molecule has 0 saturated heterocycles. The first-order valence-electron chi connectivity index (χ1n) is 12.7. The van der Waals surface area contributed by atoms with Crippen LogP contribution in [0.1, 0.15) is 53.0 Å². The molecule has 2 amide bonds. The number of carbonyl (C=O) groups is 2. The molecular formula is C26H35N5O3S. The monoisotopic (exact) mass is 497 g/mol. The molecule has 0 radical (unpaired) electrons. The Hall–Kier alpha value is -2.49. The summed E-state index contributed by atoms with van der Waals surface area (Å²) in [7, 11) is 1.72. The van der Waals surface area contributed by atoms with Crippen LogP contribution in [-0.2, 0) is 22.5 Å². The van der Waals surface area contributed by atoms with Gasteiger partial charge < -0.3 is 20.7 Å². The van der Waals surface area contributed by atoms with Gasteiger partial charge in [-0.1, -0.05) is 36.6 Å². The highest BCUT2D eigenvalue weighted by Crippen LogP contribution is 2.27. The fourth-order valence-electron chi connectivity index (χ4n) is 5.41. The lowest BCUT2D eigenvalue weighted by atomic mass is 9.90. The number of methoxy groups -OCH3 is 1. The van der Waals surface area contributed by atoms with Crippen molar-refractivity contribution in [3.05, 3.63) is 51.2 Å². The lowest BCUT2D eigenvalue weighted by Crippen LogP contribution is -2.54. The first-order chi connectivity index (χ1) is 17.0. The molecule has 1 saturated carbocycles. The van der Waals surface area contributed by atoms with Crippen molar-refractivity contribution in [3.63, 3.8) is 0 Å². The fraction of sp³-hybridized carbons (Fsp3) is 0.577. The number of carbonyl (C=O) groups excluding carboxylic acids is 2. The van der Waals surface area contributed by atoms with Gasteiger partial charge in [-0.25, -0.2) is 4.98 Å². The summed E-state index contributed by atoms with van der Waals surface area (Å²) in [5, 5.41) is 10.3. The summed E-state index contributed by atoms with van der Waals surface area (Å²) in [5.41, 5.74) is 2.88. The summed E-state index contributed by atoms with van der Waals surface area (Å²) >= 11 is 1.49. The molecule has 0 spiro atoms. The maximum Gasteiger partial charge on any atom is 0.280 e. The molecule has 8 nitrogen and oxygen atoms in total. The standard InChI is InChI=1S/C26H35N5O3S/c1-16-7-8-18-17(13-16)14-22(27-18)24(32)28-19-5-3-4-6-20(19)29-25(33)26-30-21-9-10-31(11-12-34-2)15-23(21)35-26/h7-8,13-14,17-20,27H,3-6,9-12,15H2,1-2H3,(H,28,32)(H,29,33)/t17?,18?,19-,20+/m0/s1. The number of fused-ring (bicyclic) bond motifs is 2. The zero-order valence-electron chi connectivity index (χ0n) is 20.5. The van der Waals surface area contributed by atoms with E-state index < -0.39 is 0 Å². The molecule has 3 heterocycles. The third kappa shape index (κ3) is 5.52. The van der Waals surface area contributed by atoms with Crippen molar-refractivity contribution in [2.75, 3.05) is 26.8 Å². The van der Waals surface area contributed by atoms with Crippen LogP contribution in [0, 0.1) is 5.92 Å². The second-order valence-corrected chi connectivity index (χ2v) is 11.0. The molecule has 9 heteroatoms. The van der Waals surface area contributed by atoms with E-state index in [0.717, 1.165) is 57.4 Å². The first kappa shape index (κ1) is 24.2. The Kier molecular flexibility index (Phi) is 7.36. The van der Waals surface area contributed by atoms with E-state index in [1.165, 1.54) is 21.8 Å². The second-order valence-electron chi connectivity index (χ2n) is 9.95. The summed E-state index contributed by atoms with van der Waals surface area (Å²) in [5.74, 6) is -0.0104. The Morgan fingerprint density at radius 3 is 2.74 bits per heavy atom. The van der Waals surface area contributed by atoms with Gasteiger partial charge in [0.2, 0.25) is 0 Å². The zero-order valence-corrected chi connectivity index (χ0v) is 21.3. The molecule has 2 aliphatic carbocycles. The number of nitrogens with zero attached hydrogens (tertiary/aromatic N) is 2. The van der Waals surface area contributed by atoms with Crippen LogP contribution in [0.5, 0.6) is 0 Å². The largest absolute Gasteiger partial charge is 0.383 e. The average Bonchev–Trinajstić information content (AvgIpc) is 3.47. The van der Waals surface area contributed by atoms with E-state index in [4.69, 9.17) is 4.74 Å². The predicted molar refractivity (Wildman–Crippen MR) is 136 cm³/mol. The molecule has 1 fully saturated rings. The Morgan fingerprint density at radius 1 is 1.20 bits per heavy atom. The number of aromatic nitrogens is 1. The van der Waals surface area contributed by atoms with Crippen LogP contribution >= 0.6 is 11.3 Å². The zero-order chi connectivity index (χ0) is 24.4. The van der Waals surface area contributed by atoms with E-state index in [-0.39, 0.29) is 35.9 Å². The lowest BCUT2D eigenvalue weighted by molar-refractivity contribution is -0.118. The van der Waals surface area contributed by atoms with Gasteiger partial charge in [-0.2, -0.15) is 0 Å². The van der Waals surface area contributed by atoms with E-state index in [1.54, 1.807) is 7.11 Å². The Bertz CT molecular complexity index is 1060. The molecule has 1 aromatic heterocycles. The Morgan fingerprint density at radius 2 is 1.97 bits per heavy atom. The molecular weight excluding hydrogens is 462 g/mol. The summed E-state index contributed by atoms with van der Waals surface area (Å²) in [6.45, 7) is 5.42. The number of rotatable bonds is 7. The van der Waals surface area contributed by atoms with Gasteiger partial charge in [-0.3, -0.25) is 14.5 Å². The van der Waals surface area contributed by atoms with Crippen LogP contribution in [-0.4, -0.2) is 66.6 Å². The third-order valence-corrected chi connectivity index (χ3v) is 8.46. The number of thiazole rings is 1. The quantitative estimate of drug-likeness (QED) is 0.535. The molecule has 35 heavy (non-hydrogen) atoms. The molecule has 2 aliphatic heterocycles. The number of ether oxygens (including phenoxy) is 1. The van der Waals surface area contributed by atoms with Crippen molar-refractivity contribution in [1.29, 1.82) is 0 Å². The van der Waals surface area contributed by atoms with Crippen molar-refractivity contribution in [2.45, 2.75) is 63.7 Å². The van der Waals surface area contributed by atoms with E-state index in [2.05, 4.69) is 51.0 Å². The summed E-state index contributed by atoms with van der Waals surface area (Å²) < 4.78 is 5.20. The number of hydrogen-bond donors (Lipinski definition) is 3. The Labute approximate surface area is 210 Å². The highest BCUT2D eigenvalue weighted by molar-refractivity contribution is 7.13. The fourth-order valence-corrected chi connectivity index (χ4v) is 6.47. The third-order valence-electron chi connectivity index (χ3n) is 7.38. The van der Waals surface area contributed by atoms with Crippen LogP contribution in [0.4, 0.5) is 0 Å². The molecule has 3 N–H and O–H groups in total. The SMILES string of the molecule is COCCN1CCc2nc(C(=O)N[C@@H]3CCCC[C@@H]3NC(=O)C3=CC4C=C(C)C=CC4N3)sc2C1. The molecule has 2 unspecified atom stereocenters. The average molecular weight is 498 g/mol. The van der Waals surface area contributed by atoms with Crippen molar-refractivity contribution < 1.29 is 14.3 Å². The van der Waals surface area contributed by atoms with E-state index in [1.807, 2.05) is 6.08 Å². The van der Waals surface area contributed by atoms with Crippen molar-refractivity contribution in [1.82, 2.24) is 25.8 Å². The van der Waals surface area contributed by atoms with Crippen LogP contribution < -0.4 is 16.0 Å². The van der Waals surface area contributed by atoms with Gasteiger partial charge in [-0.05, 0) is 25.8 Å². The number of hydrogen-bond acceptors (Lipinski definition) is 7. The summed E-state index contributed by atoms with van der Waals surface area (Å²) in [6, 6.07) is -0.0363. The normalized spacial score (nSPS) is 27.8. The molecule has 5 rings (SSSR count). The summed E-state index contributed by atoms with van der Waals surface area (Å²) in [6.07, 6.45) is 13.1. The van der Waals surface area contributed by atoms with Crippen molar-refractivity contribution in [2.24, 2.45) is 5.92 Å². The lowest BCUT2D eigenvalue weighted by Gasteiger charge is -2.32. The highest BCUT2D eigenvalue weighted by Gasteiger charge is 2.33. The van der Waals surface area contributed by atoms with E-state index in [0.29, 0.717) is 17.3 Å². The second kappa shape index (κ2) is 10.6. The minimum absolute atomic E-state index is 0.0857. The van der Waals surface area contributed by atoms with Crippen LogP contribution in [0.15, 0.2) is 35.6 Å². The van der Waals surface area contributed by atoms with Crippen LogP contribution in [0.3, 0.4) is 0 Å². The van der Waals surface area contributed by atoms with Gasteiger partial charge in [-0.15, -0.1) is 11.3 Å². The van der Waals surface area contributed by atoms with Gasteiger partial charge >= 0.3 is 0 Å². The van der Waals surface area contributed by atoms with Crippen LogP contribution in [0.25, 0.3) is 0 Å². The number of nitrogens with one attached hydrogen (secondary N) is 3. The highest BCUT2D eigenvalue weighted by atomic mass is 32.1. The van der Waals surface area contributed by atoms with Gasteiger partial charge in [0.1, 0.15) is 0 Å². The smallest absolute Gasteiger partial charge is 0.280 e. The van der Waals surface area contributed by atoms with E-state index >= 15 is 0 Å².